The lowest BCUT2D eigenvalue weighted by Gasteiger charge is -2.25. The maximum atomic E-state index is 11.6. The van der Waals surface area contributed by atoms with Gasteiger partial charge in [-0.05, 0) is 34.1 Å². The summed E-state index contributed by atoms with van der Waals surface area (Å²) in [5.41, 5.74) is -1.80. The second kappa shape index (κ2) is 6.59. The predicted molar refractivity (Wildman–Crippen MR) is 62.3 cm³/mol. The van der Waals surface area contributed by atoms with Crippen molar-refractivity contribution in [3.8, 4) is 0 Å². The van der Waals surface area contributed by atoms with E-state index in [1.807, 2.05) is 0 Å². The molecule has 0 heterocycles. The Morgan fingerprint density at radius 1 is 1.12 bits per heavy atom. The fourth-order valence-electron chi connectivity index (χ4n) is 1.21. The molecule has 0 aromatic heterocycles. The van der Waals surface area contributed by atoms with Crippen molar-refractivity contribution in [1.82, 2.24) is 0 Å². The fraction of sp³-hybridized carbons (Fsp3) is 0.833. The molecule has 1 N–H and O–H groups in total. The molecule has 0 spiro atoms. The van der Waals surface area contributed by atoms with Gasteiger partial charge in [-0.3, -0.25) is 4.79 Å². The van der Waals surface area contributed by atoms with Gasteiger partial charge in [0.15, 0.2) is 5.60 Å². The summed E-state index contributed by atoms with van der Waals surface area (Å²) in [6.07, 6.45) is -0.884. The Bertz CT molecular complexity index is 272. The molecule has 0 aromatic rings. The summed E-state index contributed by atoms with van der Waals surface area (Å²) in [6, 6.07) is 0. The molecular formula is C12H22O5. The molecule has 0 fully saturated rings. The third-order valence-electron chi connectivity index (χ3n) is 2.11. The zero-order chi connectivity index (χ0) is 13.6. The molecule has 0 rings (SSSR count). The molecule has 1 unspecified atom stereocenters. The summed E-state index contributed by atoms with van der Waals surface area (Å²) in [4.78, 5) is 23.1. The Kier molecular flexibility index (Phi) is 6.16. The van der Waals surface area contributed by atoms with Gasteiger partial charge in [0.1, 0.15) is 0 Å². The molecule has 5 nitrogen and oxygen atoms in total. The van der Waals surface area contributed by atoms with E-state index in [4.69, 9.17) is 9.47 Å². The Balaban J connectivity index is 4.56. The van der Waals surface area contributed by atoms with E-state index in [2.05, 4.69) is 0 Å². The minimum Gasteiger partial charge on any atom is -0.463 e. The molecular weight excluding hydrogens is 224 g/mol. The molecule has 17 heavy (non-hydrogen) atoms. The predicted octanol–water partition coefficient (Wildman–Crippen LogP) is 1.42. The molecule has 100 valence electrons. The Morgan fingerprint density at radius 2 is 1.59 bits per heavy atom. The lowest BCUT2D eigenvalue weighted by Crippen LogP contribution is -2.43. The second-order valence-electron chi connectivity index (χ2n) is 4.55. The summed E-state index contributed by atoms with van der Waals surface area (Å²) in [5, 5.41) is 10.0. The van der Waals surface area contributed by atoms with Crippen LogP contribution in [0.5, 0.6) is 0 Å². The van der Waals surface area contributed by atoms with Gasteiger partial charge in [0.05, 0.1) is 18.6 Å². The third-order valence-corrected chi connectivity index (χ3v) is 2.11. The first kappa shape index (κ1) is 15.9. The van der Waals surface area contributed by atoms with Crippen molar-refractivity contribution < 1.29 is 24.2 Å². The van der Waals surface area contributed by atoms with Crippen LogP contribution in [0.4, 0.5) is 0 Å². The van der Waals surface area contributed by atoms with Gasteiger partial charge in [0, 0.05) is 0 Å². The maximum absolute atomic E-state index is 11.6. The number of carbonyl (C=O) groups is 2. The highest BCUT2D eigenvalue weighted by molar-refractivity contribution is 5.85. The molecule has 0 saturated heterocycles. The van der Waals surface area contributed by atoms with Gasteiger partial charge in [-0.15, -0.1) is 0 Å². The van der Waals surface area contributed by atoms with Crippen molar-refractivity contribution in [2.24, 2.45) is 0 Å². The Morgan fingerprint density at radius 3 is 1.94 bits per heavy atom. The molecule has 1 atom stereocenters. The summed E-state index contributed by atoms with van der Waals surface area (Å²) in [6.45, 7) is 8.38. The average Bonchev–Trinajstić information content (AvgIpc) is 2.14. The van der Waals surface area contributed by atoms with Crippen LogP contribution in [0.1, 0.15) is 47.5 Å². The van der Waals surface area contributed by atoms with Crippen LogP contribution in [-0.2, 0) is 19.1 Å². The van der Waals surface area contributed by atoms with Gasteiger partial charge in [0.2, 0.25) is 0 Å². The van der Waals surface area contributed by atoms with Gasteiger partial charge < -0.3 is 14.6 Å². The van der Waals surface area contributed by atoms with Gasteiger partial charge in [-0.1, -0.05) is 6.92 Å². The maximum Gasteiger partial charge on any atom is 0.338 e. The van der Waals surface area contributed by atoms with Crippen molar-refractivity contribution in [1.29, 1.82) is 0 Å². The van der Waals surface area contributed by atoms with Gasteiger partial charge >= 0.3 is 11.9 Å². The highest BCUT2D eigenvalue weighted by atomic mass is 16.6. The number of esters is 2. The van der Waals surface area contributed by atoms with E-state index in [0.717, 1.165) is 0 Å². The van der Waals surface area contributed by atoms with Crippen LogP contribution < -0.4 is 0 Å². The standard InChI is InChI=1S/C12H22O5/c1-6-12(15,11(14)17-9(4)5)7-10(13)16-8(2)3/h8-9,15H,6-7H2,1-5H3. The molecule has 0 bridgehead atoms. The smallest absolute Gasteiger partial charge is 0.338 e. The van der Waals surface area contributed by atoms with Crippen molar-refractivity contribution in [3.05, 3.63) is 0 Å². The summed E-state index contributed by atoms with van der Waals surface area (Å²) >= 11 is 0. The first-order valence-electron chi connectivity index (χ1n) is 5.84. The zero-order valence-electron chi connectivity index (χ0n) is 11.1. The lowest BCUT2D eigenvalue weighted by molar-refractivity contribution is -0.177. The van der Waals surface area contributed by atoms with Gasteiger partial charge in [0.25, 0.3) is 0 Å². The molecule has 5 heteroatoms. The van der Waals surface area contributed by atoms with E-state index >= 15 is 0 Å². The first-order valence-corrected chi connectivity index (χ1v) is 5.84. The van der Waals surface area contributed by atoms with Crippen LogP contribution in [0, 0.1) is 0 Å². The number of rotatable bonds is 6. The zero-order valence-corrected chi connectivity index (χ0v) is 11.1. The van der Waals surface area contributed by atoms with Crippen molar-refractivity contribution >= 4 is 11.9 Å². The van der Waals surface area contributed by atoms with Crippen LogP contribution in [-0.4, -0.2) is 34.9 Å². The van der Waals surface area contributed by atoms with Crippen molar-refractivity contribution in [2.45, 2.75) is 65.3 Å². The fourth-order valence-corrected chi connectivity index (χ4v) is 1.21. The van der Waals surface area contributed by atoms with Crippen LogP contribution in [0.2, 0.25) is 0 Å². The van der Waals surface area contributed by atoms with E-state index in [9.17, 15) is 14.7 Å². The van der Waals surface area contributed by atoms with Crippen LogP contribution in [0.3, 0.4) is 0 Å². The highest BCUT2D eigenvalue weighted by Gasteiger charge is 2.39. The Labute approximate surface area is 102 Å². The minimum absolute atomic E-state index is 0.103. The average molecular weight is 246 g/mol. The quantitative estimate of drug-likeness (QED) is 0.717. The molecule has 0 radical (unpaired) electrons. The van der Waals surface area contributed by atoms with E-state index in [-0.39, 0.29) is 25.0 Å². The normalized spacial score (nSPS) is 14.6. The number of ether oxygens (including phenoxy) is 2. The molecule has 0 amide bonds. The van der Waals surface area contributed by atoms with Gasteiger partial charge in [-0.2, -0.15) is 0 Å². The van der Waals surface area contributed by atoms with E-state index in [0.29, 0.717) is 0 Å². The molecule has 0 aliphatic heterocycles. The number of aliphatic hydroxyl groups is 1. The van der Waals surface area contributed by atoms with Crippen LogP contribution in [0.25, 0.3) is 0 Å². The molecule has 0 saturated carbocycles. The summed E-state index contributed by atoms with van der Waals surface area (Å²) in [7, 11) is 0. The third kappa shape index (κ3) is 5.68. The van der Waals surface area contributed by atoms with E-state index in [1.54, 1.807) is 34.6 Å². The van der Waals surface area contributed by atoms with E-state index in [1.165, 1.54) is 0 Å². The van der Waals surface area contributed by atoms with Crippen molar-refractivity contribution in [3.63, 3.8) is 0 Å². The van der Waals surface area contributed by atoms with Gasteiger partial charge in [-0.25, -0.2) is 4.79 Å². The second-order valence-corrected chi connectivity index (χ2v) is 4.55. The number of hydrogen-bond acceptors (Lipinski definition) is 5. The van der Waals surface area contributed by atoms with Crippen LogP contribution in [0.15, 0.2) is 0 Å². The van der Waals surface area contributed by atoms with E-state index < -0.39 is 17.5 Å². The lowest BCUT2D eigenvalue weighted by atomic mass is 9.96. The topological polar surface area (TPSA) is 72.8 Å². The molecule has 0 aromatic carbocycles. The largest absolute Gasteiger partial charge is 0.463 e. The minimum atomic E-state index is -1.80. The number of carbonyl (C=O) groups excluding carboxylic acids is 2. The molecule has 0 aliphatic rings. The summed E-state index contributed by atoms with van der Waals surface area (Å²) < 4.78 is 9.81. The van der Waals surface area contributed by atoms with Crippen molar-refractivity contribution in [2.75, 3.05) is 0 Å². The van der Waals surface area contributed by atoms with Crippen LogP contribution >= 0.6 is 0 Å². The first-order chi connectivity index (χ1) is 7.71. The SMILES string of the molecule is CCC(O)(CC(=O)OC(C)C)C(=O)OC(C)C. The number of hydrogen-bond donors (Lipinski definition) is 1. The summed E-state index contributed by atoms with van der Waals surface area (Å²) in [5.74, 6) is -1.39. The highest BCUT2D eigenvalue weighted by Crippen LogP contribution is 2.19. The monoisotopic (exact) mass is 246 g/mol. The Hall–Kier alpha value is -1.10. The molecule has 0 aliphatic carbocycles.